The quantitative estimate of drug-likeness (QED) is 0.678. The SMILES string of the molecule is C=C(N)c1ccc2c(c1)CCO2. The van der Waals surface area contributed by atoms with Crippen LogP contribution >= 0.6 is 0 Å². The average Bonchev–Trinajstić information content (AvgIpc) is 2.49. The first-order valence-corrected chi connectivity index (χ1v) is 3.98. The summed E-state index contributed by atoms with van der Waals surface area (Å²) < 4.78 is 5.36. The van der Waals surface area contributed by atoms with Crippen LogP contribution in [0.2, 0.25) is 0 Å². The summed E-state index contributed by atoms with van der Waals surface area (Å²) in [6.07, 6.45) is 0.983. The highest BCUT2D eigenvalue weighted by molar-refractivity contribution is 5.62. The zero-order valence-electron chi connectivity index (χ0n) is 6.84. The Morgan fingerprint density at radius 2 is 2.33 bits per heavy atom. The molecule has 2 nitrogen and oxygen atoms in total. The molecular formula is C10H11NO. The molecule has 1 aromatic carbocycles. The Morgan fingerprint density at radius 3 is 3.08 bits per heavy atom. The molecule has 0 radical (unpaired) electrons. The zero-order valence-corrected chi connectivity index (χ0v) is 6.84. The minimum absolute atomic E-state index is 0.615. The molecule has 0 fully saturated rings. The smallest absolute Gasteiger partial charge is 0.122 e. The molecule has 0 saturated heterocycles. The maximum absolute atomic E-state index is 5.57. The Hall–Kier alpha value is -1.44. The maximum atomic E-state index is 5.57. The Labute approximate surface area is 71.6 Å². The third kappa shape index (κ3) is 1.05. The van der Waals surface area contributed by atoms with Crippen molar-refractivity contribution in [2.24, 2.45) is 5.73 Å². The van der Waals surface area contributed by atoms with Gasteiger partial charge in [-0.05, 0) is 29.3 Å². The molecule has 0 aliphatic carbocycles. The third-order valence-corrected chi connectivity index (χ3v) is 2.06. The van der Waals surface area contributed by atoms with Gasteiger partial charge >= 0.3 is 0 Å². The lowest BCUT2D eigenvalue weighted by molar-refractivity contribution is 0.357. The first kappa shape index (κ1) is 7.22. The normalized spacial score (nSPS) is 13.7. The van der Waals surface area contributed by atoms with Crippen molar-refractivity contribution < 1.29 is 4.74 Å². The first-order chi connectivity index (χ1) is 5.77. The summed E-state index contributed by atoms with van der Waals surface area (Å²) in [6.45, 7) is 4.48. The van der Waals surface area contributed by atoms with Crippen molar-refractivity contribution in [3.05, 3.63) is 35.9 Å². The fourth-order valence-corrected chi connectivity index (χ4v) is 1.39. The van der Waals surface area contributed by atoms with E-state index in [1.54, 1.807) is 0 Å². The van der Waals surface area contributed by atoms with Crippen LogP contribution in [0, 0.1) is 0 Å². The number of hydrogen-bond acceptors (Lipinski definition) is 2. The van der Waals surface area contributed by atoms with Gasteiger partial charge in [-0.1, -0.05) is 6.58 Å². The highest BCUT2D eigenvalue weighted by Gasteiger charge is 2.11. The molecule has 2 N–H and O–H groups in total. The van der Waals surface area contributed by atoms with Crippen molar-refractivity contribution >= 4 is 5.70 Å². The van der Waals surface area contributed by atoms with Crippen LogP contribution in [0.5, 0.6) is 5.75 Å². The number of ether oxygens (including phenoxy) is 1. The Kier molecular flexibility index (Phi) is 1.54. The van der Waals surface area contributed by atoms with E-state index in [4.69, 9.17) is 10.5 Å². The average molecular weight is 161 g/mol. The van der Waals surface area contributed by atoms with Gasteiger partial charge in [-0.3, -0.25) is 0 Å². The molecule has 1 aliphatic rings. The van der Waals surface area contributed by atoms with E-state index in [2.05, 4.69) is 6.58 Å². The van der Waals surface area contributed by atoms with Crippen molar-refractivity contribution in [2.45, 2.75) is 6.42 Å². The molecule has 1 aliphatic heterocycles. The van der Waals surface area contributed by atoms with Crippen molar-refractivity contribution in [2.75, 3.05) is 6.61 Å². The van der Waals surface area contributed by atoms with Gasteiger partial charge in [0.1, 0.15) is 5.75 Å². The van der Waals surface area contributed by atoms with Gasteiger partial charge in [0.05, 0.1) is 6.61 Å². The van der Waals surface area contributed by atoms with Gasteiger partial charge in [-0.2, -0.15) is 0 Å². The Balaban J connectivity index is 2.45. The molecule has 2 heteroatoms. The van der Waals surface area contributed by atoms with Gasteiger partial charge < -0.3 is 10.5 Å². The minimum Gasteiger partial charge on any atom is -0.493 e. The number of nitrogens with two attached hydrogens (primary N) is 1. The standard InChI is InChI=1S/C10H11NO/c1-7(11)8-2-3-10-9(6-8)4-5-12-10/h2-3,6H,1,4-5,11H2. The van der Waals surface area contributed by atoms with Crippen molar-refractivity contribution in [1.82, 2.24) is 0 Å². The number of rotatable bonds is 1. The van der Waals surface area contributed by atoms with Crippen LogP contribution in [0.3, 0.4) is 0 Å². The number of benzene rings is 1. The van der Waals surface area contributed by atoms with E-state index in [9.17, 15) is 0 Å². The summed E-state index contributed by atoms with van der Waals surface area (Å²) in [5.41, 5.74) is 8.42. The van der Waals surface area contributed by atoms with Gasteiger partial charge in [0.15, 0.2) is 0 Å². The fraction of sp³-hybridized carbons (Fsp3) is 0.200. The molecule has 0 saturated carbocycles. The van der Waals surface area contributed by atoms with Gasteiger partial charge in [0.25, 0.3) is 0 Å². The summed E-state index contributed by atoms with van der Waals surface area (Å²) >= 11 is 0. The summed E-state index contributed by atoms with van der Waals surface area (Å²) in [5.74, 6) is 0.986. The third-order valence-electron chi connectivity index (χ3n) is 2.06. The fourth-order valence-electron chi connectivity index (χ4n) is 1.39. The van der Waals surface area contributed by atoms with Crippen LogP contribution in [0.4, 0.5) is 0 Å². The molecular weight excluding hydrogens is 150 g/mol. The molecule has 0 aromatic heterocycles. The van der Waals surface area contributed by atoms with Gasteiger partial charge in [-0.15, -0.1) is 0 Å². The Morgan fingerprint density at radius 1 is 1.50 bits per heavy atom. The maximum Gasteiger partial charge on any atom is 0.122 e. The summed E-state index contributed by atoms with van der Waals surface area (Å²) in [7, 11) is 0. The molecule has 0 unspecified atom stereocenters. The van der Waals surface area contributed by atoms with Crippen molar-refractivity contribution in [1.29, 1.82) is 0 Å². The van der Waals surface area contributed by atoms with E-state index in [0.717, 1.165) is 24.3 Å². The highest BCUT2D eigenvalue weighted by atomic mass is 16.5. The van der Waals surface area contributed by atoms with Crippen molar-refractivity contribution in [3.63, 3.8) is 0 Å². The number of fused-ring (bicyclic) bond motifs is 1. The largest absolute Gasteiger partial charge is 0.493 e. The number of hydrogen-bond donors (Lipinski definition) is 1. The molecule has 0 bridgehead atoms. The zero-order chi connectivity index (χ0) is 8.55. The van der Waals surface area contributed by atoms with Crippen LogP contribution in [0.25, 0.3) is 5.70 Å². The van der Waals surface area contributed by atoms with E-state index in [1.165, 1.54) is 5.56 Å². The second-order valence-corrected chi connectivity index (χ2v) is 2.95. The van der Waals surface area contributed by atoms with Gasteiger partial charge in [0, 0.05) is 12.1 Å². The van der Waals surface area contributed by atoms with E-state index in [0.29, 0.717) is 5.70 Å². The molecule has 0 spiro atoms. The topological polar surface area (TPSA) is 35.2 Å². The van der Waals surface area contributed by atoms with E-state index in [-0.39, 0.29) is 0 Å². The molecule has 1 heterocycles. The second-order valence-electron chi connectivity index (χ2n) is 2.95. The molecule has 0 atom stereocenters. The first-order valence-electron chi connectivity index (χ1n) is 3.98. The van der Waals surface area contributed by atoms with Crippen LogP contribution < -0.4 is 10.5 Å². The molecule has 1 aromatic rings. The molecule has 2 rings (SSSR count). The van der Waals surface area contributed by atoms with Crippen LogP contribution in [-0.2, 0) is 6.42 Å². The van der Waals surface area contributed by atoms with E-state index in [1.807, 2.05) is 18.2 Å². The van der Waals surface area contributed by atoms with E-state index >= 15 is 0 Å². The predicted octanol–water partition coefficient (Wildman–Crippen LogP) is 1.55. The van der Waals surface area contributed by atoms with Gasteiger partial charge in [0.2, 0.25) is 0 Å². The molecule has 0 amide bonds. The lowest BCUT2D eigenvalue weighted by atomic mass is 10.1. The van der Waals surface area contributed by atoms with E-state index < -0.39 is 0 Å². The summed E-state index contributed by atoms with van der Waals surface area (Å²) in [6, 6.07) is 5.94. The predicted molar refractivity (Wildman–Crippen MR) is 48.9 cm³/mol. The highest BCUT2D eigenvalue weighted by Crippen LogP contribution is 2.26. The molecule has 62 valence electrons. The summed E-state index contributed by atoms with van der Waals surface area (Å²) in [5, 5.41) is 0. The Bertz CT molecular complexity index is 331. The lowest BCUT2D eigenvalue weighted by Crippen LogP contribution is -1.93. The second kappa shape index (κ2) is 2.55. The van der Waals surface area contributed by atoms with Crippen molar-refractivity contribution in [3.8, 4) is 5.75 Å². The van der Waals surface area contributed by atoms with Gasteiger partial charge in [-0.25, -0.2) is 0 Å². The monoisotopic (exact) mass is 161 g/mol. The minimum atomic E-state index is 0.615. The van der Waals surface area contributed by atoms with Crippen LogP contribution in [0.1, 0.15) is 11.1 Å². The van der Waals surface area contributed by atoms with Crippen LogP contribution in [-0.4, -0.2) is 6.61 Å². The lowest BCUT2D eigenvalue weighted by Gasteiger charge is -2.02. The summed E-state index contributed by atoms with van der Waals surface area (Å²) in [4.78, 5) is 0. The molecule has 12 heavy (non-hydrogen) atoms. The van der Waals surface area contributed by atoms with Crippen LogP contribution in [0.15, 0.2) is 24.8 Å².